The molecule has 1 heterocycles. The second-order valence-corrected chi connectivity index (χ2v) is 7.21. The first-order valence-corrected chi connectivity index (χ1v) is 7.59. The van der Waals surface area contributed by atoms with Crippen LogP contribution >= 0.6 is 0 Å². The molecule has 0 aromatic heterocycles. The van der Waals surface area contributed by atoms with Crippen LogP contribution in [0.15, 0.2) is 12.1 Å². The minimum absolute atomic E-state index is 0.108. The molecule has 3 nitrogen and oxygen atoms in total. The number of hydrogen-bond donors (Lipinski definition) is 0. The van der Waals surface area contributed by atoms with Crippen molar-refractivity contribution in [2.24, 2.45) is 11.3 Å². The van der Waals surface area contributed by atoms with Crippen molar-refractivity contribution in [1.29, 1.82) is 0 Å². The average Bonchev–Trinajstić information content (AvgIpc) is 2.67. The Kier molecular flexibility index (Phi) is 3.34. The van der Waals surface area contributed by atoms with E-state index in [-0.39, 0.29) is 17.4 Å². The van der Waals surface area contributed by atoms with Gasteiger partial charge in [-0.2, -0.15) is 0 Å². The van der Waals surface area contributed by atoms with Crippen molar-refractivity contribution < 1.29 is 18.4 Å². The van der Waals surface area contributed by atoms with Gasteiger partial charge in [0.1, 0.15) is 11.6 Å². The van der Waals surface area contributed by atoms with Crippen molar-refractivity contribution >= 4 is 11.8 Å². The number of fused-ring (bicyclic) bond motifs is 1. The zero-order valence-electron chi connectivity index (χ0n) is 13.0. The highest BCUT2D eigenvalue weighted by molar-refractivity contribution is 6.21. The van der Waals surface area contributed by atoms with E-state index in [0.29, 0.717) is 6.42 Å². The number of halogens is 2. The molecule has 118 valence electrons. The van der Waals surface area contributed by atoms with Crippen molar-refractivity contribution in [3.8, 4) is 0 Å². The molecule has 2 aliphatic rings. The Morgan fingerprint density at radius 2 is 1.59 bits per heavy atom. The minimum Gasteiger partial charge on any atom is -0.271 e. The maximum atomic E-state index is 13.9. The Morgan fingerprint density at radius 1 is 1.09 bits per heavy atom. The molecule has 1 saturated carbocycles. The first-order chi connectivity index (χ1) is 10.2. The highest BCUT2D eigenvalue weighted by Gasteiger charge is 2.47. The summed E-state index contributed by atoms with van der Waals surface area (Å²) in [5.41, 5.74) is -0.672. The summed E-state index contributed by atoms with van der Waals surface area (Å²) in [4.78, 5) is 26.0. The molecule has 1 aromatic carbocycles. The fourth-order valence-corrected chi connectivity index (χ4v) is 3.92. The molecule has 1 fully saturated rings. The molecule has 2 atom stereocenters. The largest absolute Gasteiger partial charge is 0.271 e. The van der Waals surface area contributed by atoms with Gasteiger partial charge in [-0.05, 0) is 42.7 Å². The van der Waals surface area contributed by atoms with E-state index >= 15 is 0 Å². The van der Waals surface area contributed by atoms with Crippen molar-refractivity contribution in [3.63, 3.8) is 0 Å². The minimum atomic E-state index is -0.832. The maximum Gasteiger partial charge on any atom is 0.264 e. The van der Waals surface area contributed by atoms with Crippen LogP contribution in [0.5, 0.6) is 0 Å². The van der Waals surface area contributed by atoms with Gasteiger partial charge in [0, 0.05) is 6.04 Å². The van der Waals surface area contributed by atoms with E-state index in [1.54, 1.807) is 0 Å². The topological polar surface area (TPSA) is 37.4 Å². The van der Waals surface area contributed by atoms with Crippen LogP contribution in [0.1, 0.15) is 60.7 Å². The molecule has 3 rings (SSSR count). The lowest BCUT2D eigenvalue weighted by Crippen LogP contribution is -2.47. The lowest BCUT2D eigenvalue weighted by Gasteiger charge is -2.42. The van der Waals surface area contributed by atoms with Gasteiger partial charge in [0.2, 0.25) is 0 Å². The Hall–Kier alpha value is -1.78. The summed E-state index contributed by atoms with van der Waals surface area (Å²) in [7, 11) is 0. The summed E-state index contributed by atoms with van der Waals surface area (Å²) >= 11 is 0. The third kappa shape index (κ3) is 2.14. The summed E-state index contributed by atoms with van der Waals surface area (Å²) in [5, 5.41) is 0. The molecular weight excluding hydrogens is 288 g/mol. The molecule has 0 radical (unpaired) electrons. The van der Waals surface area contributed by atoms with Gasteiger partial charge in [-0.25, -0.2) is 8.78 Å². The fraction of sp³-hybridized carbons (Fsp3) is 0.529. The first kappa shape index (κ1) is 15.1. The Bertz CT molecular complexity index is 628. The predicted molar refractivity (Wildman–Crippen MR) is 77.4 cm³/mol. The zero-order chi connectivity index (χ0) is 16.2. The zero-order valence-corrected chi connectivity index (χ0v) is 13.0. The summed E-state index contributed by atoms with van der Waals surface area (Å²) in [6, 6.07) is 1.51. The molecule has 0 bridgehead atoms. The van der Waals surface area contributed by atoms with E-state index in [4.69, 9.17) is 0 Å². The van der Waals surface area contributed by atoms with Gasteiger partial charge in [0.25, 0.3) is 11.8 Å². The average molecular weight is 307 g/mol. The highest BCUT2D eigenvalue weighted by atomic mass is 19.1. The van der Waals surface area contributed by atoms with Crippen LogP contribution in [0.3, 0.4) is 0 Å². The van der Waals surface area contributed by atoms with Gasteiger partial charge < -0.3 is 0 Å². The van der Waals surface area contributed by atoms with Crippen LogP contribution in [0, 0.1) is 23.0 Å². The monoisotopic (exact) mass is 307 g/mol. The van der Waals surface area contributed by atoms with Gasteiger partial charge in [-0.15, -0.1) is 0 Å². The number of carbonyl (C=O) groups excluding carboxylic acids is 2. The highest BCUT2D eigenvalue weighted by Crippen LogP contribution is 2.42. The maximum absolute atomic E-state index is 13.9. The lowest BCUT2D eigenvalue weighted by atomic mass is 9.70. The van der Waals surface area contributed by atoms with Crippen LogP contribution in [0.2, 0.25) is 0 Å². The molecular formula is C17H19F2NO2. The molecule has 0 saturated heterocycles. The molecule has 1 aliphatic carbocycles. The van der Waals surface area contributed by atoms with Crippen molar-refractivity contribution in [2.45, 2.75) is 46.1 Å². The number of rotatable bonds is 1. The number of hydrogen-bond acceptors (Lipinski definition) is 2. The number of carbonyl (C=O) groups is 2. The first-order valence-electron chi connectivity index (χ1n) is 7.59. The Labute approximate surface area is 128 Å². The Balaban J connectivity index is 1.98. The van der Waals surface area contributed by atoms with E-state index in [0.717, 1.165) is 29.9 Å². The van der Waals surface area contributed by atoms with Crippen LogP contribution in [0.25, 0.3) is 0 Å². The second kappa shape index (κ2) is 4.86. The SMILES string of the molecule is CC1CC(C)(C)CC[C@@H]1N1C(=O)c2c(F)ccc(F)c2C1=O. The lowest BCUT2D eigenvalue weighted by molar-refractivity contribution is 0.0376. The van der Waals surface area contributed by atoms with E-state index in [9.17, 15) is 18.4 Å². The molecule has 1 aromatic rings. The van der Waals surface area contributed by atoms with Gasteiger partial charge >= 0.3 is 0 Å². The molecule has 0 N–H and O–H groups in total. The molecule has 5 heteroatoms. The van der Waals surface area contributed by atoms with Crippen LogP contribution < -0.4 is 0 Å². The van der Waals surface area contributed by atoms with E-state index in [2.05, 4.69) is 13.8 Å². The standard InChI is InChI=1S/C17H19F2NO2/c1-9-8-17(2,3)7-6-12(9)20-15(21)13-10(18)4-5-11(19)14(13)16(20)22/h4-5,9,12H,6-8H2,1-3H3/t9?,12-/m0/s1. The summed E-state index contributed by atoms with van der Waals surface area (Å²) in [5.74, 6) is -2.96. The molecule has 22 heavy (non-hydrogen) atoms. The number of benzene rings is 1. The summed E-state index contributed by atoms with van der Waals surface area (Å²) in [6.45, 7) is 6.30. The van der Waals surface area contributed by atoms with Gasteiger partial charge in [-0.3, -0.25) is 14.5 Å². The summed E-state index contributed by atoms with van der Waals surface area (Å²) < 4.78 is 27.8. The fourth-order valence-electron chi connectivity index (χ4n) is 3.92. The van der Waals surface area contributed by atoms with E-state index < -0.39 is 34.6 Å². The molecule has 0 spiro atoms. The van der Waals surface area contributed by atoms with Gasteiger partial charge in [0.15, 0.2) is 0 Å². The predicted octanol–water partition coefficient (Wildman–Crippen LogP) is 3.78. The van der Waals surface area contributed by atoms with Crippen molar-refractivity contribution in [3.05, 3.63) is 34.9 Å². The number of nitrogens with zero attached hydrogens (tertiary/aromatic N) is 1. The summed E-state index contributed by atoms with van der Waals surface area (Å²) in [6.07, 6.45) is 2.42. The normalized spacial score (nSPS) is 27.2. The van der Waals surface area contributed by atoms with Crippen LogP contribution in [-0.2, 0) is 0 Å². The number of imide groups is 1. The Morgan fingerprint density at radius 3 is 2.05 bits per heavy atom. The quantitative estimate of drug-likeness (QED) is 0.741. The molecule has 1 unspecified atom stereocenters. The third-order valence-electron chi connectivity index (χ3n) is 4.95. The van der Waals surface area contributed by atoms with E-state index in [1.165, 1.54) is 0 Å². The number of amides is 2. The second-order valence-electron chi connectivity index (χ2n) is 7.21. The van der Waals surface area contributed by atoms with Crippen molar-refractivity contribution in [2.75, 3.05) is 0 Å². The van der Waals surface area contributed by atoms with Gasteiger partial charge in [-0.1, -0.05) is 20.8 Å². The van der Waals surface area contributed by atoms with E-state index in [1.807, 2.05) is 6.92 Å². The van der Waals surface area contributed by atoms with Crippen molar-refractivity contribution in [1.82, 2.24) is 4.90 Å². The molecule has 2 amide bonds. The smallest absolute Gasteiger partial charge is 0.264 e. The van der Waals surface area contributed by atoms with Crippen LogP contribution in [-0.4, -0.2) is 22.8 Å². The van der Waals surface area contributed by atoms with Gasteiger partial charge in [0.05, 0.1) is 11.1 Å². The van der Waals surface area contributed by atoms with Crippen LogP contribution in [0.4, 0.5) is 8.78 Å². The molecule has 1 aliphatic heterocycles. The third-order valence-corrected chi connectivity index (χ3v) is 4.95.